The van der Waals surface area contributed by atoms with Crippen LogP contribution in [0.5, 0.6) is 0 Å². The Morgan fingerprint density at radius 2 is 1.90 bits per heavy atom. The number of aliphatic imine (C=N–C) groups is 1. The third-order valence-corrected chi connectivity index (χ3v) is 6.48. The van der Waals surface area contributed by atoms with E-state index in [-0.39, 0.29) is 10.7 Å². The lowest BCUT2D eigenvalue weighted by Crippen LogP contribution is -2.48. The van der Waals surface area contributed by atoms with Crippen LogP contribution in [0.2, 0.25) is 5.02 Å². The molecule has 0 aliphatic carbocycles. The topological polar surface area (TPSA) is 43.4 Å². The Labute approximate surface area is 185 Å². The van der Waals surface area contributed by atoms with Gasteiger partial charge in [-0.2, -0.15) is 0 Å². The van der Waals surface area contributed by atoms with Crippen LogP contribution < -0.4 is 10.2 Å². The van der Waals surface area contributed by atoms with Crippen LogP contribution in [0.25, 0.3) is 22.0 Å². The molecule has 162 valence electrons. The zero-order valence-electron chi connectivity index (χ0n) is 18.5. The molecule has 0 radical (unpaired) electrons. The van der Waals surface area contributed by atoms with Crippen molar-refractivity contribution in [1.29, 1.82) is 0 Å². The fourth-order valence-corrected chi connectivity index (χ4v) is 4.63. The van der Waals surface area contributed by atoms with E-state index in [0.717, 1.165) is 16.6 Å². The van der Waals surface area contributed by atoms with Crippen LogP contribution in [0.15, 0.2) is 35.6 Å². The van der Waals surface area contributed by atoms with Crippen molar-refractivity contribution in [3.63, 3.8) is 0 Å². The molecule has 0 fully saturated rings. The summed E-state index contributed by atoms with van der Waals surface area (Å²) in [5, 5.41) is 3.91. The fraction of sp³-hybridized carbons (Fsp3) is 0.292. The average molecular weight is 443 g/mol. The van der Waals surface area contributed by atoms with Crippen LogP contribution in [0.4, 0.5) is 20.2 Å². The first-order chi connectivity index (χ1) is 14.5. The first-order valence-electron chi connectivity index (χ1n) is 9.99. The highest BCUT2D eigenvalue weighted by Gasteiger charge is 2.39. The quantitative estimate of drug-likeness (QED) is 0.316. The van der Waals surface area contributed by atoms with E-state index in [9.17, 15) is 4.39 Å². The molecule has 0 unspecified atom stereocenters. The predicted octanol–water partition coefficient (Wildman–Crippen LogP) is 6.96. The van der Waals surface area contributed by atoms with Crippen LogP contribution in [-0.2, 0) is 0 Å². The standard InChI is InChI=1S/C24H25ClF2N4/c1-11-10-29-21-16(11)8-15(26)9-17(21)18-12(2)23-22(20(27)19(18)25)30-24(5,6)13(3)31(23)14(4)28-7/h8-10,29-30H,3H2,1-2,4-7H3. The molecule has 2 aromatic carbocycles. The van der Waals surface area contributed by atoms with Crippen LogP contribution in [0, 0.1) is 25.5 Å². The molecule has 4 nitrogen and oxygen atoms in total. The molecule has 1 aromatic heterocycles. The third-order valence-electron chi connectivity index (χ3n) is 6.13. The van der Waals surface area contributed by atoms with Crippen molar-refractivity contribution in [3.05, 3.63) is 58.4 Å². The Bertz CT molecular complexity index is 1290. The summed E-state index contributed by atoms with van der Waals surface area (Å²) in [6.07, 6.45) is 1.80. The summed E-state index contributed by atoms with van der Waals surface area (Å²) in [7, 11) is 1.68. The Morgan fingerprint density at radius 1 is 1.23 bits per heavy atom. The van der Waals surface area contributed by atoms with Gasteiger partial charge in [0.25, 0.3) is 0 Å². The lowest BCUT2D eigenvalue weighted by molar-refractivity contribution is 0.598. The lowest BCUT2D eigenvalue weighted by Gasteiger charge is -2.45. The molecule has 0 saturated carbocycles. The van der Waals surface area contributed by atoms with Gasteiger partial charge in [-0.3, -0.25) is 9.89 Å². The van der Waals surface area contributed by atoms with Crippen molar-refractivity contribution in [2.45, 2.75) is 40.2 Å². The fourth-order valence-electron chi connectivity index (χ4n) is 4.29. The summed E-state index contributed by atoms with van der Waals surface area (Å²) < 4.78 is 30.3. The van der Waals surface area contributed by atoms with Gasteiger partial charge in [-0.05, 0) is 57.9 Å². The third kappa shape index (κ3) is 3.04. The molecule has 3 aromatic rings. The van der Waals surface area contributed by atoms with E-state index < -0.39 is 17.2 Å². The Hall–Kier alpha value is -2.86. The maximum atomic E-state index is 15.7. The monoisotopic (exact) mass is 442 g/mol. The van der Waals surface area contributed by atoms with Crippen molar-refractivity contribution in [1.82, 2.24) is 4.98 Å². The molecule has 1 aliphatic heterocycles. The number of H-pyrrole nitrogens is 1. The molecule has 2 N–H and O–H groups in total. The first kappa shape index (κ1) is 21.4. The second-order valence-corrected chi connectivity index (χ2v) is 8.88. The number of rotatable bonds is 1. The number of halogens is 3. The number of hydrogen-bond acceptors (Lipinski definition) is 2. The van der Waals surface area contributed by atoms with Gasteiger partial charge in [0.15, 0.2) is 5.82 Å². The van der Waals surface area contributed by atoms with Crippen molar-refractivity contribution < 1.29 is 8.78 Å². The minimum absolute atomic E-state index is 0.0581. The second-order valence-electron chi connectivity index (χ2n) is 8.50. The normalized spacial score (nSPS) is 16.0. The molecular weight excluding hydrogens is 418 g/mol. The number of aromatic amines is 1. The molecule has 4 rings (SSSR count). The van der Waals surface area contributed by atoms with Gasteiger partial charge >= 0.3 is 0 Å². The van der Waals surface area contributed by atoms with Gasteiger partial charge < -0.3 is 10.3 Å². The lowest BCUT2D eigenvalue weighted by atomic mass is 9.89. The Morgan fingerprint density at radius 3 is 2.55 bits per heavy atom. The summed E-state index contributed by atoms with van der Waals surface area (Å²) in [5.74, 6) is -0.338. The molecule has 0 saturated heterocycles. The number of nitrogens with zero attached hydrogens (tertiary/aromatic N) is 2. The van der Waals surface area contributed by atoms with Gasteiger partial charge in [0, 0.05) is 35.5 Å². The van der Waals surface area contributed by atoms with Crippen molar-refractivity contribution in [2.75, 3.05) is 17.3 Å². The summed E-state index contributed by atoms with van der Waals surface area (Å²) in [6, 6.07) is 2.85. The Balaban J connectivity index is 2.14. The maximum absolute atomic E-state index is 15.7. The highest BCUT2D eigenvalue weighted by Crippen LogP contribution is 2.51. The van der Waals surface area contributed by atoms with E-state index in [2.05, 4.69) is 21.9 Å². The highest BCUT2D eigenvalue weighted by atomic mass is 35.5. The van der Waals surface area contributed by atoms with Crippen molar-refractivity contribution >= 4 is 39.7 Å². The molecule has 1 aliphatic rings. The molecular formula is C24H25ClF2N4. The molecule has 0 amide bonds. The summed E-state index contributed by atoms with van der Waals surface area (Å²) in [6.45, 7) is 13.7. The number of aromatic nitrogens is 1. The molecule has 0 atom stereocenters. The highest BCUT2D eigenvalue weighted by molar-refractivity contribution is 6.35. The van der Waals surface area contributed by atoms with Gasteiger partial charge in [-0.25, -0.2) is 8.78 Å². The van der Waals surface area contributed by atoms with Gasteiger partial charge in [0.05, 0.1) is 27.5 Å². The summed E-state index contributed by atoms with van der Waals surface area (Å²) in [5.41, 5.74) is 4.20. The van der Waals surface area contributed by atoms with E-state index >= 15 is 4.39 Å². The predicted molar refractivity (Wildman–Crippen MR) is 126 cm³/mol. The number of nitrogens with one attached hydrogen (secondary N) is 2. The summed E-state index contributed by atoms with van der Waals surface area (Å²) >= 11 is 6.60. The van der Waals surface area contributed by atoms with E-state index in [1.165, 1.54) is 12.1 Å². The minimum atomic E-state index is -0.625. The van der Waals surface area contributed by atoms with Crippen LogP contribution in [-0.4, -0.2) is 23.4 Å². The molecule has 2 heterocycles. The number of benzene rings is 2. The van der Waals surface area contributed by atoms with Crippen LogP contribution >= 0.6 is 11.6 Å². The molecule has 0 spiro atoms. The van der Waals surface area contributed by atoms with E-state index in [4.69, 9.17) is 11.6 Å². The van der Waals surface area contributed by atoms with Gasteiger partial charge in [-0.1, -0.05) is 18.2 Å². The molecule has 7 heteroatoms. The smallest absolute Gasteiger partial charge is 0.167 e. The average Bonchev–Trinajstić information content (AvgIpc) is 3.08. The van der Waals surface area contributed by atoms with Gasteiger partial charge in [0.1, 0.15) is 11.7 Å². The number of fused-ring (bicyclic) bond motifs is 2. The zero-order chi connectivity index (χ0) is 22.8. The maximum Gasteiger partial charge on any atom is 0.167 e. The van der Waals surface area contributed by atoms with Crippen LogP contribution in [0.3, 0.4) is 0 Å². The van der Waals surface area contributed by atoms with Crippen molar-refractivity contribution in [3.8, 4) is 11.1 Å². The summed E-state index contributed by atoms with van der Waals surface area (Å²) in [4.78, 5) is 9.35. The number of anilines is 2. The Kier molecular flexibility index (Phi) is 4.89. The van der Waals surface area contributed by atoms with Gasteiger partial charge in [0.2, 0.25) is 0 Å². The number of hydrogen-bond donors (Lipinski definition) is 2. The largest absolute Gasteiger partial charge is 0.370 e. The van der Waals surface area contributed by atoms with E-state index in [1.807, 2.05) is 39.5 Å². The second kappa shape index (κ2) is 7.09. The SMILES string of the molecule is C=C1N(C(C)=NC)c2c(C)c(-c3cc(F)cc4c(C)c[nH]c34)c(Cl)c(F)c2NC1(C)C. The van der Waals surface area contributed by atoms with E-state index in [0.29, 0.717) is 33.7 Å². The van der Waals surface area contributed by atoms with Crippen LogP contribution in [0.1, 0.15) is 31.9 Å². The number of amidine groups is 1. The zero-order valence-corrected chi connectivity index (χ0v) is 19.2. The minimum Gasteiger partial charge on any atom is -0.370 e. The van der Waals surface area contributed by atoms with Crippen molar-refractivity contribution in [2.24, 2.45) is 4.99 Å². The molecule has 0 bridgehead atoms. The van der Waals surface area contributed by atoms with Gasteiger partial charge in [-0.15, -0.1) is 0 Å². The van der Waals surface area contributed by atoms with E-state index in [1.54, 1.807) is 13.2 Å². The number of aryl methyl sites for hydroxylation is 1. The molecule has 31 heavy (non-hydrogen) atoms. The first-order valence-corrected chi connectivity index (χ1v) is 10.4.